The van der Waals surface area contributed by atoms with Gasteiger partial charge in [0.2, 0.25) is 10.0 Å². The fraction of sp³-hybridized carbons (Fsp3) is 0.455. The minimum Gasteiger partial charge on any atom is -0.497 e. The van der Waals surface area contributed by atoms with Crippen LogP contribution in [0.4, 0.5) is 0 Å². The maximum Gasteiger partial charge on any atom is 0.243 e. The molecular weight excluding hydrogens is 404 g/mol. The van der Waals surface area contributed by atoms with Crippen molar-refractivity contribution in [2.75, 3.05) is 53.6 Å². The Hall–Kier alpha value is -2.13. The number of nitrogens with zero attached hydrogens (tertiary/aromatic N) is 2. The van der Waals surface area contributed by atoms with Gasteiger partial charge in [-0.05, 0) is 54.9 Å². The van der Waals surface area contributed by atoms with Gasteiger partial charge in [-0.1, -0.05) is 12.1 Å². The van der Waals surface area contributed by atoms with Gasteiger partial charge in [-0.2, -0.15) is 4.31 Å². The van der Waals surface area contributed by atoms with E-state index in [0.717, 1.165) is 50.6 Å². The molecule has 0 spiro atoms. The second-order valence-corrected chi connectivity index (χ2v) is 9.11. The van der Waals surface area contributed by atoms with Gasteiger partial charge in [0, 0.05) is 26.2 Å². The Kier molecular flexibility index (Phi) is 8.09. The van der Waals surface area contributed by atoms with Crippen molar-refractivity contribution in [3.8, 4) is 11.5 Å². The summed E-state index contributed by atoms with van der Waals surface area (Å²) in [4.78, 5) is 2.58. The molecule has 164 valence electrons. The van der Waals surface area contributed by atoms with Gasteiger partial charge in [0.15, 0.2) is 0 Å². The average Bonchev–Trinajstić information content (AvgIpc) is 2.79. The van der Waals surface area contributed by atoms with Gasteiger partial charge < -0.3 is 14.2 Å². The molecule has 0 unspecified atom stereocenters. The molecule has 0 amide bonds. The first-order chi connectivity index (χ1) is 14.5. The van der Waals surface area contributed by atoms with Crippen LogP contribution < -0.4 is 9.47 Å². The molecule has 1 saturated heterocycles. The standard InChI is InChI=1S/C22H30N2O5S/c1-27-20-6-4-19(5-7-20)18-24(13-3-12-23-14-16-29-17-15-23)30(25,26)22-10-8-21(28-2)9-11-22/h4-11H,3,12-18H2,1-2H3. The summed E-state index contributed by atoms with van der Waals surface area (Å²) in [5.74, 6) is 1.37. The lowest BCUT2D eigenvalue weighted by atomic mass is 10.2. The van der Waals surface area contributed by atoms with Crippen molar-refractivity contribution >= 4 is 10.0 Å². The molecule has 0 atom stereocenters. The van der Waals surface area contributed by atoms with E-state index in [4.69, 9.17) is 14.2 Å². The summed E-state index contributed by atoms with van der Waals surface area (Å²) < 4.78 is 44.0. The predicted octanol–water partition coefficient (Wildman–Crippen LogP) is 2.62. The molecule has 0 N–H and O–H groups in total. The van der Waals surface area contributed by atoms with E-state index in [1.807, 2.05) is 24.3 Å². The highest BCUT2D eigenvalue weighted by molar-refractivity contribution is 7.89. The molecule has 30 heavy (non-hydrogen) atoms. The highest BCUT2D eigenvalue weighted by atomic mass is 32.2. The van der Waals surface area contributed by atoms with Crippen molar-refractivity contribution in [2.24, 2.45) is 0 Å². The van der Waals surface area contributed by atoms with Crippen LogP contribution in [0.25, 0.3) is 0 Å². The first kappa shape index (κ1) is 22.6. The van der Waals surface area contributed by atoms with Crippen molar-refractivity contribution in [3.63, 3.8) is 0 Å². The quantitative estimate of drug-likeness (QED) is 0.573. The van der Waals surface area contributed by atoms with Crippen LogP contribution in [-0.4, -0.2) is 71.2 Å². The molecule has 0 radical (unpaired) electrons. The summed E-state index contributed by atoms with van der Waals surface area (Å²) in [6, 6.07) is 14.0. The molecule has 0 aliphatic carbocycles. The van der Waals surface area contributed by atoms with Gasteiger partial charge in [-0.3, -0.25) is 4.90 Å². The van der Waals surface area contributed by atoms with E-state index in [0.29, 0.717) is 18.8 Å². The van der Waals surface area contributed by atoms with E-state index in [-0.39, 0.29) is 4.90 Å². The molecular formula is C22H30N2O5S. The molecule has 3 rings (SSSR count). The van der Waals surface area contributed by atoms with Gasteiger partial charge >= 0.3 is 0 Å². The highest BCUT2D eigenvalue weighted by Gasteiger charge is 2.25. The molecule has 0 aromatic heterocycles. The van der Waals surface area contributed by atoms with Crippen LogP contribution in [0.1, 0.15) is 12.0 Å². The summed E-state index contributed by atoms with van der Waals surface area (Å²) in [5, 5.41) is 0. The summed E-state index contributed by atoms with van der Waals surface area (Å²) >= 11 is 0. The van der Waals surface area contributed by atoms with Gasteiger partial charge in [0.05, 0.1) is 32.3 Å². The maximum atomic E-state index is 13.4. The molecule has 0 bridgehead atoms. The van der Waals surface area contributed by atoms with Crippen LogP contribution in [0.15, 0.2) is 53.4 Å². The fourth-order valence-corrected chi connectivity index (χ4v) is 4.88. The smallest absolute Gasteiger partial charge is 0.243 e. The van der Waals surface area contributed by atoms with Crippen LogP contribution >= 0.6 is 0 Å². The Morgan fingerprint density at radius 3 is 2.07 bits per heavy atom. The van der Waals surface area contributed by atoms with Crippen molar-refractivity contribution in [3.05, 3.63) is 54.1 Å². The minimum atomic E-state index is -3.64. The van der Waals surface area contributed by atoms with E-state index in [1.165, 1.54) is 0 Å². The number of benzene rings is 2. The fourth-order valence-electron chi connectivity index (χ4n) is 3.41. The Morgan fingerprint density at radius 2 is 1.50 bits per heavy atom. The molecule has 7 nitrogen and oxygen atoms in total. The molecule has 8 heteroatoms. The number of methoxy groups -OCH3 is 2. The van der Waals surface area contributed by atoms with Crippen molar-refractivity contribution in [1.29, 1.82) is 0 Å². The Morgan fingerprint density at radius 1 is 0.933 bits per heavy atom. The number of sulfonamides is 1. The highest BCUT2D eigenvalue weighted by Crippen LogP contribution is 2.22. The Bertz CT molecular complexity index is 879. The second-order valence-electron chi connectivity index (χ2n) is 7.17. The van der Waals surface area contributed by atoms with E-state index in [9.17, 15) is 8.42 Å². The molecule has 1 fully saturated rings. The molecule has 2 aromatic rings. The van der Waals surface area contributed by atoms with Crippen LogP contribution in [-0.2, 0) is 21.3 Å². The lowest BCUT2D eigenvalue weighted by Gasteiger charge is -2.28. The van der Waals surface area contributed by atoms with Gasteiger partial charge in [0.25, 0.3) is 0 Å². The number of rotatable bonds is 10. The Labute approximate surface area is 179 Å². The molecule has 1 heterocycles. The maximum absolute atomic E-state index is 13.4. The van der Waals surface area contributed by atoms with Gasteiger partial charge in [-0.25, -0.2) is 8.42 Å². The monoisotopic (exact) mass is 434 g/mol. The van der Waals surface area contributed by atoms with Crippen LogP contribution in [0, 0.1) is 0 Å². The second kappa shape index (κ2) is 10.8. The minimum absolute atomic E-state index is 0.267. The zero-order valence-electron chi connectivity index (χ0n) is 17.6. The summed E-state index contributed by atoms with van der Waals surface area (Å²) in [6.45, 7) is 4.85. The third-order valence-corrected chi connectivity index (χ3v) is 7.06. The van der Waals surface area contributed by atoms with Crippen molar-refractivity contribution in [2.45, 2.75) is 17.9 Å². The first-order valence-electron chi connectivity index (χ1n) is 10.1. The summed E-state index contributed by atoms with van der Waals surface area (Å²) in [5.41, 5.74) is 0.916. The number of ether oxygens (including phenoxy) is 3. The van der Waals surface area contributed by atoms with E-state index < -0.39 is 10.0 Å². The topological polar surface area (TPSA) is 68.3 Å². The largest absolute Gasteiger partial charge is 0.497 e. The van der Waals surface area contributed by atoms with Gasteiger partial charge in [-0.15, -0.1) is 0 Å². The average molecular weight is 435 g/mol. The first-order valence-corrected chi connectivity index (χ1v) is 11.5. The summed E-state index contributed by atoms with van der Waals surface area (Å²) in [7, 11) is -0.467. The lowest BCUT2D eigenvalue weighted by Crippen LogP contribution is -2.39. The summed E-state index contributed by atoms with van der Waals surface area (Å²) in [6.07, 6.45) is 0.755. The molecule has 2 aromatic carbocycles. The van der Waals surface area contributed by atoms with E-state index in [2.05, 4.69) is 4.90 Å². The normalized spacial score (nSPS) is 15.3. The van der Waals surface area contributed by atoms with Crippen molar-refractivity contribution < 1.29 is 22.6 Å². The van der Waals surface area contributed by atoms with Crippen LogP contribution in [0.3, 0.4) is 0 Å². The lowest BCUT2D eigenvalue weighted by molar-refractivity contribution is 0.0368. The molecule has 0 saturated carbocycles. The third-order valence-electron chi connectivity index (χ3n) is 5.20. The van der Waals surface area contributed by atoms with E-state index >= 15 is 0 Å². The molecule has 1 aliphatic heterocycles. The van der Waals surface area contributed by atoms with Crippen LogP contribution in [0.5, 0.6) is 11.5 Å². The number of hydrogen-bond donors (Lipinski definition) is 0. The Balaban J connectivity index is 1.75. The molecule has 1 aliphatic rings. The predicted molar refractivity (Wildman–Crippen MR) is 115 cm³/mol. The number of hydrogen-bond acceptors (Lipinski definition) is 6. The van der Waals surface area contributed by atoms with E-state index in [1.54, 1.807) is 42.8 Å². The zero-order valence-corrected chi connectivity index (χ0v) is 18.4. The van der Waals surface area contributed by atoms with Crippen LogP contribution in [0.2, 0.25) is 0 Å². The van der Waals surface area contributed by atoms with Gasteiger partial charge in [0.1, 0.15) is 11.5 Å². The zero-order chi connectivity index (χ0) is 21.4. The number of morpholine rings is 1. The van der Waals surface area contributed by atoms with Crippen molar-refractivity contribution in [1.82, 2.24) is 9.21 Å². The SMILES string of the molecule is COc1ccc(CN(CCCN2CCOCC2)S(=O)(=O)c2ccc(OC)cc2)cc1. The third kappa shape index (κ3) is 5.95.